The highest BCUT2D eigenvalue weighted by molar-refractivity contribution is 5.92. The summed E-state index contributed by atoms with van der Waals surface area (Å²) in [7, 11) is 0. The van der Waals surface area contributed by atoms with Crippen LogP contribution < -0.4 is 0 Å². The van der Waals surface area contributed by atoms with Gasteiger partial charge in [-0.15, -0.1) is 0 Å². The number of aromatic nitrogens is 3. The molecular weight excluding hydrogens is 323 g/mol. The second kappa shape index (κ2) is 5.93. The molecule has 2 aromatic heterocycles. The second-order valence-corrected chi connectivity index (χ2v) is 6.28. The summed E-state index contributed by atoms with van der Waals surface area (Å²) in [6, 6.07) is 7.65. The Kier molecular flexibility index (Phi) is 3.73. The number of benzene rings is 1. The third kappa shape index (κ3) is 2.87. The minimum Gasteiger partial charge on any atom is -0.385 e. The summed E-state index contributed by atoms with van der Waals surface area (Å²) in [6.07, 6.45) is 5.87. The number of carbonyl (C=O) groups excluding carboxylic acids is 1. The van der Waals surface area contributed by atoms with E-state index in [9.17, 15) is 14.3 Å². The van der Waals surface area contributed by atoms with Crippen molar-refractivity contribution in [2.75, 3.05) is 13.1 Å². The third-order valence-electron chi connectivity index (χ3n) is 4.71. The number of hydrogen-bond donors (Lipinski definition) is 1. The number of amides is 1. The van der Waals surface area contributed by atoms with Crippen molar-refractivity contribution >= 4 is 11.7 Å². The summed E-state index contributed by atoms with van der Waals surface area (Å²) in [5.74, 6) is -0.0299. The van der Waals surface area contributed by atoms with Gasteiger partial charge in [0, 0.05) is 31.7 Å². The molecule has 1 aliphatic rings. The van der Waals surface area contributed by atoms with E-state index in [1.165, 1.54) is 12.1 Å². The third-order valence-corrected chi connectivity index (χ3v) is 4.71. The lowest BCUT2D eigenvalue weighted by Crippen LogP contribution is -2.45. The maximum absolute atomic E-state index is 13.1. The summed E-state index contributed by atoms with van der Waals surface area (Å²) in [4.78, 5) is 22.7. The second-order valence-electron chi connectivity index (χ2n) is 6.28. The Bertz CT molecular complexity index is 881. The zero-order chi connectivity index (χ0) is 17.4. The van der Waals surface area contributed by atoms with E-state index >= 15 is 0 Å². The highest BCUT2D eigenvalue weighted by Gasteiger charge is 2.36. The summed E-state index contributed by atoms with van der Waals surface area (Å²) < 4.78 is 14.8. The van der Waals surface area contributed by atoms with Gasteiger partial charge < -0.3 is 10.0 Å². The van der Waals surface area contributed by atoms with Crippen molar-refractivity contribution in [1.29, 1.82) is 0 Å². The number of halogens is 1. The largest absolute Gasteiger partial charge is 0.385 e. The van der Waals surface area contributed by atoms with E-state index in [1.807, 2.05) is 0 Å². The molecule has 0 radical (unpaired) electrons. The molecule has 1 N–H and O–H groups in total. The molecular formula is C18H17FN4O2. The topological polar surface area (TPSA) is 70.7 Å². The van der Waals surface area contributed by atoms with Crippen molar-refractivity contribution in [2.45, 2.75) is 18.4 Å². The predicted octanol–water partition coefficient (Wildman–Crippen LogP) is 1.99. The monoisotopic (exact) mass is 340 g/mol. The van der Waals surface area contributed by atoms with Crippen molar-refractivity contribution in [1.82, 2.24) is 19.3 Å². The molecule has 0 bridgehead atoms. The molecule has 3 heterocycles. The Labute approximate surface area is 143 Å². The minimum absolute atomic E-state index is 0.174. The van der Waals surface area contributed by atoms with Crippen LogP contribution >= 0.6 is 0 Å². The number of rotatable bonds is 2. The highest BCUT2D eigenvalue weighted by atomic mass is 19.1. The van der Waals surface area contributed by atoms with Crippen LogP contribution in [0.4, 0.5) is 4.39 Å². The van der Waals surface area contributed by atoms with E-state index in [1.54, 1.807) is 46.1 Å². The molecule has 1 saturated heterocycles. The standard InChI is InChI=1S/C18H17FN4O2/c19-14-4-2-13(3-5-14)18(25)6-10-22(11-7-18)16(24)15-12-23-9-1-8-20-17(23)21-15/h1-5,8-9,12,25H,6-7,10-11H2. The summed E-state index contributed by atoms with van der Waals surface area (Å²) >= 11 is 0. The van der Waals surface area contributed by atoms with Crippen molar-refractivity contribution in [2.24, 2.45) is 0 Å². The number of imidazole rings is 1. The van der Waals surface area contributed by atoms with E-state index in [0.717, 1.165) is 0 Å². The molecule has 3 aromatic rings. The predicted molar refractivity (Wildman–Crippen MR) is 88.4 cm³/mol. The molecule has 25 heavy (non-hydrogen) atoms. The van der Waals surface area contributed by atoms with Gasteiger partial charge in [-0.25, -0.2) is 14.4 Å². The number of nitrogens with zero attached hydrogens (tertiary/aromatic N) is 4. The van der Waals surface area contributed by atoms with Crippen LogP contribution in [0.1, 0.15) is 28.9 Å². The molecule has 1 fully saturated rings. The molecule has 0 atom stereocenters. The van der Waals surface area contributed by atoms with Gasteiger partial charge in [-0.3, -0.25) is 9.20 Å². The quantitative estimate of drug-likeness (QED) is 0.774. The van der Waals surface area contributed by atoms with Crippen LogP contribution in [0.2, 0.25) is 0 Å². The normalized spacial score (nSPS) is 17.0. The van der Waals surface area contributed by atoms with Gasteiger partial charge in [-0.2, -0.15) is 0 Å². The Morgan fingerprint density at radius 2 is 1.92 bits per heavy atom. The smallest absolute Gasteiger partial charge is 0.274 e. The minimum atomic E-state index is -1.04. The van der Waals surface area contributed by atoms with Crippen LogP contribution in [0.5, 0.6) is 0 Å². The SMILES string of the molecule is O=C(c1cn2cccnc2n1)N1CCC(O)(c2ccc(F)cc2)CC1. The molecule has 1 aromatic carbocycles. The van der Waals surface area contributed by atoms with Gasteiger partial charge in [0.05, 0.1) is 5.60 Å². The lowest BCUT2D eigenvalue weighted by atomic mass is 9.84. The van der Waals surface area contributed by atoms with Gasteiger partial charge in [0.2, 0.25) is 5.78 Å². The van der Waals surface area contributed by atoms with Crippen molar-refractivity contribution in [3.05, 3.63) is 66.0 Å². The molecule has 4 rings (SSSR count). The molecule has 6 nitrogen and oxygen atoms in total. The first-order valence-electron chi connectivity index (χ1n) is 8.13. The van der Waals surface area contributed by atoms with Gasteiger partial charge in [-0.1, -0.05) is 12.1 Å². The van der Waals surface area contributed by atoms with Crippen molar-refractivity contribution in [3.8, 4) is 0 Å². The Morgan fingerprint density at radius 1 is 1.20 bits per heavy atom. The maximum atomic E-state index is 13.1. The fraction of sp³-hybridized carbons (Fsp3) is 0.278. The number of carbonyl (C=O) groups is 1. The Morgan fingerprint density at radius 3 is 2.60 bits per heavy atom. The fourth-order valence-electron chi connectivity index (χ4n) is 3.22. The van der Waals surface area contributed by atoms with Crippen LogP contribution in [-0.4, -0.2) is 43.4 Å². The van der Waals surface area contributed by atoms with Crippen LogP contribution in [0.25, 0.3) is 5.78 Å². The van der Waals surface area contributed by atoms with Crippen molar-refractivity contribution in [3.63, 3.8) is 0 Å². The Hall–Kier alpha value is -2.80. The van der Waals surface area contributed by atoms with Gasteiger partial charge in [0.25, 0.3) is 5.91 Å². The van der Waals surface area contributed by atoms with Gasteiger partial charge in [-0.05, 0) is 36.6 Å². The van der Waals surface area contributed by atoms with Crippen LogP contribution in [0.15, 0.2) is 48.9 Å². The number of hydrogen-bond acceptors (Lipinski definition) is 4. The first-order chi connectivity index (χ1) is 12.0. The fourth-order valence-corrected chi connectivity index (χ4v) is 3.22. The molecule has 0 spiro atoms. The zero-order valence-electron chi connectivity index (χ0n) is 13.5. The lowest BCUT2D eigenvalue weighted by molar-refractivity contribution is -0.0212. The molecule has 0 aliphatic carbocycles. The molecule has 128 valence electrons. The molecule has 7 heteroatoms. The van der Waals surface area contributed by atoms with Gasteiger partial charge in [0.15, 0.2) is 0 Å². The zero-order valence-corrected chi connectivity index (χ0v) is 13.5. The first kappa shape index (κ1) is 15.7. The Balaban J connectivity index is 1.49. The number of likely N-dealkylation sites (tertiary alicyclic amines) is 1. The van der Waals surface area contributed by atoms with Crippen LogP contribution in [0.3, 0.4) is 0 Å². The molecule has 0 saturated carbocycles. The number of piperidine rings is 1. The van der Waals surface area contributed by atoms with E-state index in [-0.39, 0.29) is 11.7 Å². The van der Waals surface area contributed by atoms with Crippen LogP contribution in [0, 0.1) is 5.82 Å². The van der Waals surface area contributed by atoms with E-state index < -0.39 is 5.60 Å². The van der Waals surface area contributed by atoms with Gasteiger partial charge in [0.1, 0.15) is 11.5 Å². The average Bonchev–Trinajstić information content (AvgIpc) is 3.06. The number of fused-ring (bicyclic) bond motifs is 1. The average molecular weight is 340 g/mol. The van der Waals surface area contributed by atoms with E-state index in [0.29, 0.717) is 43.0 Å². The lowest BCUT2D eigenvalue weighted by Gasteiger charge is -2.38. The van der Waals surface area contributed by atoms with E-state index in [2.05, 4.69) is 9.97 Å². The number of aliphatic hydroxyl groups is 1. The molecule has 1 amide bonds. The van der Waals surface area contributed by atoms with Crippen molar-refractivity contribution < 1.29 is 14.3 Å². The molecule has 0 unspecified atom stereocenters. The summed E-state index contributed by atoms with van der Waals surface area (Å²) in [5.41, 5.74) is -0.0193. The summed E-state index contributed by atoms with van der Waals surface area (Å²) in [5, 5.41) is 10.8. The first-order valence-corrected chi connectivity index (χ1v) is 8.13. The summed E-state index contributed by atoms with van der Waals surface area (Å²) in [6.45, 7) is 0.821. The van der Waals surface area contributed by atoms with Crippen LogP contribution in [-0.2, 0) is 5.60 Å². The maximum Gasteiger partial charge on any atom is 0.274 e. The highest BCUT2D eigenvalue weighted by Crippen LogP contribution is 2.33. The van der Waals surface area contributed by atoms with Gasteiger partial charge >= 0.3 is 0 Å². The molecule has 1 aliphatic heterocycles. The van der Waals surface area contributed by atoms with E-state index in [4.69, 9.17) is 0 Å².